The zero-order chi connectivity index (χ0) is 14.1. The minimum Gasteiger partial charge on any atom is -0.497 e. The molecule has 3 atom stereocenters. The summed E-state index contributed by atoms with van der Waals surface area (Å²) in [5, 5.41) is 3.31. The quantitative estimate of drug-likeness (QED) is 0.835. The van der Waals surface area contributed by atoms with E-state index in [4.69, 9.17) is 4.74 Å². The van der Waals surface area contributed by atoms with Gasteiger partial charge >= 0.3 is 6.61 Å². The van der Waals surface area contributed by atoms with Crippen LogP contribution in [0.3, 0.4) is 0 Å². The lowest BCUT2D eigenvalue weighted by Gasteiger charge is -2.41. The third-order valence-electron chi connectivity index (χ3n) is 4.11. The van der Waals surface area contributed by atoms with Gasteiger partial charge in [-0.2, -0.15) is 8.78 Å². The molecule has 108 valence electrons. The average Bonchev–Trinajstić information content (AvgIpc) is 2.78. The molecule has 0 saturated heterocycles. The average molecular weight is 281 g/mol. The van der Waals surface area contributed by atoms with Crippen molar-refractivity contribution in [3.63, 3.8) is 0 Å². The van der Waals surface area contributed by atoms with E-state index in [2.05, 4.69) is 22.2 Å². The number of anilines is 1. The summed E-state index contributed by atoms with van der Waals surface area (Å²) in [5.41, 5.74) is 0.563. The van der Waals surface area contributed by atoms with Gasteiger partial charge in [0.1, 0.15) is 11.5 Å². The highest BCUT2D eigenvalue weighted by molar-refractivity contribution is 5.61. The molecule has 2 aliphatic carbocycles. The van der Waals surface area contributed by atoms with E-state index in [1.54, 1.807) is 19.2 Å². The van der Waals surface area contributed by atoms with Crippen molar-refractivity contribution in [1.29, 1.82) is 0 Å². The standard InChI is InChI=1S/C15H17F2NO2/c1-19-10-5-6-14(20-15(16)17)13(8-10)18-12-7-9-3-2-4-11(9)12/h2,4-6,8-9,11-12,15,18H,3,7H2,1H3. The third-order valence-corrected chi connectivity index (χ3v) is 4.11. The van der Waals surface area contributed by atoms with Gasteiger partial charge in [0.15, 0.2) is 0 Å². The fourth-order valence-electron chi connectivity index (χ4n) is 3.03. The van der Waals surface area contributed by atoms with Crippen molar-refractivity contribution in [3.05, 3.63) is 30.4 Å². The molecule has 0 bridgehead atoms. The molecule has 0 spiro atoms. The maximum atomic E-state index is 12.4. The van der Waals surface area contributed by atoms with Crippen LogP contribution in [0.25, 0.3) is 0 Å². The highest BCUT2D eigenvalue weighted by Gasteiger charge is 2.41. The van der Waals surface area contributed by atoms with Crippen LogP contribution >= 0.6 is 0 Å². The van der Waals surface area contributed by atoms with Crippen LogP contribution in [0, 0.1) is 11.8 Å². The molecule has 3 rings (SSSR count). The summed E-state index contributed by atoms with van der Waals surface area (Å²) in [6.07, 6.45) is 6.59. The van der Waals surface area contributed by atoms with Crippen molar-refractivity contribution in [2.24, 2.45) is 11.8 Å². The van der Waals surface area contributed by atoms with E-state index in [0.29, 0.717) is 23.3 Å². The molecule has 1 saturated carbocycles. The Labute approximate surface area is 116 Å². The number of allylic oxidation sites excluding steroid dienone is 1. The van der Waals surface area contributed by atoms with E-state index in [9.17, 15) is 8.78 Å². The lowest BCUT2D eigenvalue weighted by Crippen LogP contribution is -2.43. The van der Waals surface area contributed by atoms with Gasteiger partial charge in [0.05, 0.1) is 12.8 Å². The highest BCUT2D eigenvalue weighted by atomic mass is 19.3. The molecule has 1 aromatic rings. The summed E-state index contributed by atoms with van der Waals surface area (Å²) < 4.78 is 34.6. The second-order valence-corrected chi connectivity index (χ2v) is 5.23. The number of hydrogen-bond donors (Lipinski definition) is 1. The summed E-state index contributed by atoms with van der Waals surface area (Å²) in [4.78, 5) is 0. The molecule has 1 aromatic carbocycles. The van der Waals surface area contributed by atoms with Crippen molar-refractivity contribution in [2.45, 2.75) is 25.5 Å². The van der Waals surface area contributed by atoms with E-state index in [-0.39, 0.29) is 11.8 Å². The SMILES string of the molecule is COc1ccc(OC(F)F)c(NC2CC3CC=CC32)c1. The summed E-state index contributed by atoms with van der Waals surface area (Å²) in [6.45, 7) is -2.83. The predicted molar refractivity (Wildman–Crippen MR) is 72.4 cm³/mol. The monoisotopic (exact) mass is 281 g/mol. The van der Waals surface area contributed by atoms with Crippen molar-refractivity contribution in [2.75, 3.05) is 12.4 Å². The van der Waals surface area contributed by atoms with Gasteiger partial charge in [-0.1, -0.05) is 12.2 Å². The second-order valence-electron chi connectivity index (χ2n) is 5.23. The van der Waals surface area contributed by atoms with Gasteiger partial charge in [0.2, 0.25) is 0 Å². The van der Waals surface area contributed by atoms with Gasteiger partial charge in [-0.25, -0.2) is 0 Å². The van der Waals surface area contributed by atoms with E-state index in [1.165, 1.54) is 6.07 Å². The minimum atomic E-state index is -2.83. The van der Waals surface area contributed by atoms with E-state index in [0.717, 1.165) is 12.8 Å². The first-order valence-corrected chi connectivity index (χ1v) is 6.73. The van der Waals surface area contributed by atoms with Crippen LogP contribution in [0.1, 0.15) is 12.8 Å². The molecular weight excluding hydrogens is 264 g/mol. The Morgan fingerprint density at radius 2 is 2.20 bits per heavy atom. The summed E-state index contributed by atoms with van der Waals surface area (Å²) >= 11 is 0. The van der Waals surface area contributed by atoms with Crippen molar-refractivity contribution >= 4 is 5.69 Å². The van der Waals surface area contributed by atoms with Crippen molar-refractivity contribution < 1.29 is 18.3 Å². The van der Waals surface area contributed by atoms with Gasteiger partial charge < -0.3 is 14.8 Å². The number of fused-ring (bicyclic) bond motifs is 1. The van der Waals surface area contributed by atoms with Gasteiger partial charge in [0.25, 0.3) is 0 Å². The third kappa shape index (κ3) is 2.44. The molecule has 1 N–H and O–H groups in total. The first kappa shape index (κ1) is 13.2. The molecule has 3 unspecified atom stereocenters. The fraction of sp³-hybridized carbons (Fsp3) is 0.467. The number of benzene rings is 1. The molecule has 0 radical (unpaired) electrons. The normalized spacial score (nSPS) is 27.1. The number of nitrogens with one attached hydrogen (secondary N) is 1. The first-order valence-electron chi connectivity index (χ1n) is 6.73. The Hall–Kier alpha value is -1.78. The van der Waals surface area contributed by atoms with Gasteiger partial charge in [-0.3, -0.25) is 0 Å². The zero-order valence-electron chi connectivity index (χ0n) is 11.2. The molecule has 0 aromatic heterocycles. The highest BCUT2D eigenvalue weighted by Crippen LogP contribution is 2.45. The maximum Gasteiger partial charge on any atom is 0.387 e. The fourth-order valence-corrected chi connectivity index (χ4v) is 3.03. The Kier molecular flexibility index (Phi) is 3.51. The van der Waals surface area contributed by atoms with Crippen molar-refractivity contribution in [1.82, 2.24) is 0 Å². The van der Waals surface area contributed by atoms with Crippen LogP contribution in [-0.4, -0.2) is 19.8 Å². The molecule has 0 heterocycles. The number of hydrogen-bond acceptors (Lipinski definition) is 3. The number of halogens is 2. The molecule has 0 aliphatic heterocycles. The molecule has 2 aliphatic rings. The minimum absolute atomic E-state index is 0.159. The Bertz CT molecular complexity index is 519. The van der Waals surface area contributed by atoms with E-state index in [1.807, 2.05) is 0 Å². The lowest BCUT2D eigenvalue weighted by molar-refractivity contribution is -0.0494. The lowest BCUT2D eigenvalue weighted by atomic mass is 9.71. The van der Waals surface area contributed by atoms with Gasteiger partial charge in [-0.05, 0) is 30.9 Å². The van der Waals surface area contributed by atoms with Crippen LogP contribution < -0.4 is 14.8 Å². The molecule has 1 fully saturated rings. The largest absolute Gasteiger partial charge is 0.497 e. The van der Waals surface area contributed by atoms with Crippen LogP contribution in [0.15, 0.2) is 30.4 Å². The zero-order valence-corrected chi connectivity index (χ0v) is 11.2. The van der Waals surface area contributed by atoms with Gasteiger partial charge in [0, 0.05) is 18.0 Å². The second kappa shape index (κ2) is 5.31. The first-order chi connectivity index (χ1) is 9.67. The number of ether oxygens (including phenoxy) is 2. The number of rotatable bonds is 5. The Balaban J connectivity index is 1.77. The Morgan fingerprint density at radius 3 is 2.90 bits per heavy atom. The Morgan fingerprint density at radius 1 is 1.35 bits per heavy atom. The molecule has 0 amide bonds. The van der Waals surface area contributed by atoms with Gasteiger partial charge in [-0.15, -0.1) is 0 Å². The van der Waals surface area contributed by atoms with Crippen LogP contribution in [-0.2, 0) is 0 Å². The van der Waals surface area contributed by atoms with E-state index < -0.39 is 6.61 Å². The maximum absolute atomic E-state index is 12.4. The van der Waals surface area contributed by atoms with Crippen molar-refractivity contribution in [3.8, 4) is 11.5 Å². The van der Waals surface area contributed by atoms with Crippen LogP contribution in [0.5, 0.6) is 11.5 Å². The summed E-state index contributed by atoms with van der Waals surface area (Å²) in [7, 11) is 1.55. The molecule has 5 heteroatoms. The summed E-state index contributed by atoms with van der Waals surface area (Å²) in [5.74, 6) is 1.98. The van der Waals surface area contributed by atoms with E-state index >= 15 is 0 Å². The van der Waals surface area contributed by atoms with Crippen LogP contribution in [0.2, 0.25) is 0 Å². The number of methoxy groups -OCH3 is 1. The van der Waals surface area contributed by atoms with Crippen LogP contribution in [0.4, 0.5) is 14.5 Å². The predicted octanol–water partition coefficient (Wildman–Crippen LogP) is 3.67. The molecule has 20 heavy (non-hydrogen) atoms. The summed E-state index contributed by atoms with van der Waals surface area (Å²) in [6, 6.07) is 5.10. The number of alkyl halides is 2. The molecular formula is C15H17F2NO2. The topological polar surface area (TPSA) is 30.5 Å². The molecule has 3 nitrogen and oxygen atoms in total. The smallest absolute Gasteiger partial charge is 0.387 e.